The van der Waals surface area contributed by atoms with Crippen LogP contribution in [0.4, 0.5) is 5.69 Å². The topological polar surface area (TPSA) is 70.7 Å². The van der Waals surface area contributed by atoms with Gasteiger partial charge in [-0.25, -0.2) is 0 Å². The predicted molar refractivity (Wildman–Crippen MR) is 119 cm³/mol. The highest BCUT2D eigenvalue weighted by Crippen LogP contribution is 2.14. The molecule has 2 aromatic rings. The maximum atomic E-state index is 12.2. The summed E-state index contributed by atoms with van der Waals surface area (Å²) in [4.78, 5) is 26.5. The van der Waals surface area contributed by atoms with Crippen LogP contribution in [0.5, 0.6) is 5.75 Å². The summed E-state index contributed by atoms with van der Waals surface area (Å²) in [6.45, 7) is 4.56. The number of aryl methyl sites for hydroxylation is 1. The molecule has 1 heterocycles. The third kappa shape index (κ3) is 7.52. The van der Waals surface area contributed by atoms with E-state index in [0.717, 1.165) is 42.9 Å². The van der Waals surface area contributed by atoms with Gasteiger partial charge in [-0.15, -0.1) is 0 Å². The van der Waals surface area contributed by atoms with E-state index in [9.17, 15) is 9.59 Å². The molecule has 0 aliphatic carbocycles. The van der Waals surface area contributed by atoms with Crippen LogP contribution in [0.3, 0.4) is 0 Å². The van der Waals surface area contributed by atoms with Crippen molar-refractivity contribution in [2.24, 2.45) is 0 Å². The lowest BCUT2D eigenvalue weighted by Crippen LogP contribution is -2.46. The molecule has 2 amide bonds. The quantitative estimate of drug-likeness (QED) is 0.623. The van der Waals surface area contributed by atoms with Crippen LogP contribution in [0, 0.1) is 6.92 Å². The van der Waals surface area contributed by atoms with E-state index in [1.165, 1.54) is 0 Å². The summed E-state index contributed by atoms with van der Waals surface area (Å²) in [5, 5.41) is 6.03. The second-order valence-corrected chi connectivity index (χ2v) is 7.80. The number of nitrogens with one attached hydrogen (secondary N) is 2. The maximum Gasteiger partial charge on any atom is 0.238 e. The van der Waals surface area contributed by atoms with E-state index in [1.807, 2.05) is 61.5 Å². The molecule has 6 heteroatoms. The Morgan fingerprint density at radius 2 is 1.80 bits per heavy atom. The molecule has 1 aliphatic rings. The summed E-state index contributed by atoms with van der Waals surface area (Å²) in [5.41, 5.74) is 1.98. The Morgan fingerprint density at radius 3 is 2.53 bits per heavy atom. The van der Waals surface area contributed by atoms with Crippen molar-refractivity contribution < 1.29 is 14.3 Å². The van der Waals surface area contributed by atoms with Crippen molar-refractivity contribution in [1.29, 1.82) is 0 Å². The first-order chi connectivity index (χ1) is 14.6. The fourth-order valence-electron chi connectivity index (χ4n) is 3.59. The number of rotatable bonds is 9. The van der Waals surface area contributed by atoms with Gasteiger partial charge < -0.3 is 15.4 Å². The zero-order valence-electron chi connectivity index (χ0n) is 17.6. The minimum absolute atomic E-state index is 0.00250. The van der Waals surface area contributed by atoms with Crippen molar-refractivity contribution in [3.05, 3.63) is 60.2 Å². The third-order valence-electron chi connectivity index (χ3n) is 5.18. The largest absolute Gasteiger partial charge is 0.494 e. The molecular weight excluding hydrogens is 378 g/mol. The molecule has 0 aromatic heterocycles. The number of anilines is 1. The molecule has 0 atom stereocenters. The van der Waals surface area contributed by atoms with Gasteiger partial charge >= 0.3 is 0 Å². The highest BCUT2D eigenvalue weighted by atomic mass is 16.5. The van der Waals surface area contributed by atoms with Crippen molar-refractivity contribution in [1.82, 2.24) is 10.2 Å². The number of hydrogen-bond acceptors (Lipinski definition) is 4. The number of hydrogen-bond donors (Lipinski definition) is 2. The summed E-state index contributed by atoms with van der Waals surface area (Å²) in [7, 11) is 0. The molecule has 1 fully saturated rings. The summed E-state index contributed by atoms with van der Waals surface area (Å²) < 4.78 is 5.70. The molecular formula is C24H31N3O3. The van der Waals surface area contributed by atoms with E-state index in [2.05, 4.69) is 15.5 Å². The third-order valence-corrected chi connectivity index (χ3v) is 5.18. The minimum Gasteiger partial charge on any atom is -0.494 e. The Kier molecular flexibility index (Phi) is 8.27. The standard InChI is InChI=1S/C24H31N3O3/c1-19-7-5-10-22(17-19)30-16-6-11-23(28)25-21-12-14-27(15-13-21)18-24(29)26-20-8-3-2-4-9-20/h2-5,7-10,17,21H,6,11-16,18H2,1H3,(H,25,28)(H,26,29). The first-order valence-corrected chi connectivity index (χ1v) is 10.6. The lowest BCUT2D eigenvalue weighted by molar-refractivity contribution is -0.123. The van der Waals surface area contributed by atoms with Gasteiger partial charge in [0, 0.05) is 31.2 Å². The highest BCUT2D eigenvalue weighted by Gasteiger charge is 2.22. The Morgan fingerprint density at radius 1 is 1.03 bits per heavy atom. The van der Waals surface area contributed by atoms with Crippen LogP contribution in [0.15, 0.2) is 54.6 Å². The number of para-hydroxylation sites is 1. The molecule has 160 valence electrons. The molecule has 0 saturated carbocycles. The van der Waals surface area contributed by atoms with Gasteiger partial charge in [0.05, 0.1) is 13.2 Å². The van der Waals surface area contributed by atoms with Gasteiger partial charge in [-0.1, -0.05) is 30.3 Å². The van der Waals surface area contributed by atoms with Crippen molar-refractivity contribution in [3.8, 4) is 5.75 Å². The van der Waals surface area contributed by atoms with Crippen molar-refractivity contribution >= 4 is 17.5 Å². The molecule has 1 saturated heterocycles. The zero-order valence-corrected chi connectivity index (χ0v) is 17.6. The van der Waals surface area contributed by atoms with Gasteiger partial charge in [-0.05, 0) is 56.0 Å². The van der Waals surface area contributed by atoms with Crippen LogP contribution in [-0.2, 0) is 9.59 Å². The Hall–Kier alpha value is -2.86. The van der Waals surface area contributed by atoms with Gasteiger partial charge in [0.2, 0.25) is 11.8 Å². The molecule has 6 nitrogen and oxygen atoms in total. The minimum atomic E-state index is -0.00250. The maximum absolute atomic E-state index is 12.2. The molecule has 0 unspecified atom stereocenters. The summed E-state index contributed by atoms with van der Waals surface area (Å²) in [6, 6.07) is 17.6. The lowest BCUT2D eigenvalue weighted by Gasteiger charge is -2.31. The second kappa shape index (κ2) is 11.4. The zero-order chi connectivity index (χ0) is 21.2. The van der Waals surface area contributed by atoms with E-state index in [4.69, 9.17) is 4.74 Å². The van der Waals surface area contributed by atoms with E-state index in [1.54, 1.807) is 0 Å². The fraction of sp³-hybridized carbons (Fsp3) is 0.417. The predicted octanol–water partition coefficient (Wildman–Crippen LogP) is 3.37. The van der Waals surface area contributed by atoms with Gasteiger partial charge in [-0.2, -0.15) is 0 Å². The Bertz CT molecular complexity index is 817. The van der Waals surface area contributed by atoms with Crippen LogP contribution >= 0.6 is 0 Å². The number of carbonyl (C=O) groups excluding carboxylic acids is 2. The molecule has 1 aliphatic heterocycles. The molecule has 30 heavy (non-hydrogen) atoms. The van der Waals surface area contributed by atoms with Crippen LogP contribution in [0.25, 0.3) is 0 Å². The van der Waals surface area contributed by atoms with E-state index < -0.39 is 0 Å². The van der Waals surface area contributed by atoms with E-state index in [-0.39, 0.29) is 17.9 Å². The van der Waals surface area contributed by atoms with Crippen LogP contribution in [-0.4, -0.2) is 49.0 Å². The van der Waals surface area contributed by atoms with Gasteiger partial charge in [-0.3, -0.25) is 14.5 Å². The van der Waals surface area contributed by atoms with Crippen LogP contribution < -0.4 is 15.4 Å². The molecule has 0 bridgehead atoms. The van der Waals surface area contributed by atoms with Gasteiger partial charge in [0.1, 0.15) is 5.75 Å². The molecule has 2 N–H and O–H groups in total. The van der Waals surface area contributed by atoms with Crippen LogP contribution in [0.1, 0.15) is 31.2 Å². The van der Waals surface area contributed by atoms with Crippen molar-refractivity contribution in [2.45, 2.75) is 38.6 Å². The number of ether oxygens (including phenoxy) is 1. The first-order valence-electron chi connectivity index (χ1n) is 10.6. The van der Waals surface area contributed by atoms with E-state index >= 15 is 0 Å². The van der Waals surface area contributed by atoms with Crippen molar-refractivity contribution in [2.75, 3.05) is 31.6 Å². The summed E-state index contributed by atoms with van der Waals surface area (Å²) in [5.74, 6) is 0.916. The SMILES string of the molecule is Cc1cccc(OCCCC(=O)NC2CCN(CC(=O)Nc3ccccc3)CC2)c1. The average Bonchev–Trinajstić information content (AvgIpc) is 2.73. The number of carbonyl (C=O) groups is 2. The van der Waals surface area contributed by atoms with Crippen LogP contribution in [0.2, 0.25) is 0 Å². The van der Waals surface area contributed by atoms with Gasteiger partial charge in [0.15, 0.2) is 0 Å². The molecule has 2 aromatic carbocycles. The number of benzene rings is 2. The Labute approximate surface area is 178 Å². The average molecular weight is 410 g/mol. The lowest BCUT2D eigenvalue weighted by atomic mass is 10.0. The Balaban J connectivity index is 1.27. The number of amides is 2. The summed E-state index contributed by atoms with van der Waals surface area (Å²) >= 11 is 0. The molecule has 3 rings (SSSR count). The number of piperidine rings is 1. The summed E-state index contributed by atoms with van der Waals surface area (Å²) in [6.07, 6.45) is 2.89. The molecule has 0 spiro atoms. The highest BCUT2D eigenvalue weighted by molar-refractivity contribution is 5.92. The van der Waals surface area contributed by atoms with Crippen molar-refractivity contribution in [3.63, 3.8) is 0 Å². The second-order valence-electron chi connectivity index (χ2n) is 7.80. The normalized spacial score (nSPS) is 14.8. The van der Waals surface area contributed by atoms with Gasteiger partial charge in [0.25, 0.3) is 0 Å². The smallest absolute Gasteiger partial charge is 0.238 e. The monoisotopic (exact) mass is 409 g/mol. The molecule has 0 radical (unpaired) electrons. The number of likely N-dealkylation sites (tertiary alicyclic amines) is 1. The van der Waals surface area contributed by atoms with E-state index in [0.29, 0.717) is 26.0 Å². The first kappa shape index (κ1) is 21.8. The number of nitrogens with zero attached hydrogens (tertiary/aromatic N) is 1. The fourth-order valence-corrected chi connectivity index (χ4v) is 3.59.